The van der Waals surface area contributed by atoms with Crippen molar-refractivity contribution in [3.63, 3.8) is 0 Å². The lowest BCUT2D eigenvalue weighted by Gasteiger charge is -2.39. The van der Waals surface area contributed by atoms with E-state index in [0.29, 0.717) is 12.1 Å². The molecule has 4 heteroatoms. The molecule has 0 unspecified atom stereocenters. The monoisotopic (exact) mass is 310 g/mol. The highest BCUT2D eigenvalue weighted by molar-refractivity contribution is 5.85. The van der Waals surface area contributed by atoms with Crippen LogP contribution >= 0.6 is 12.4 Å². The van der Waals surface area contributed by atoms with Crippen LogP contribution in [-0.2, 0) is 6.54 Å². The van der Waals surface area contributed by atoms with Gasteiger partial charge in [-0.05, 0) is 50.3 Å². The Morgan fingerprint density at radius 3 is 2.29 bits per heavy atom. The van der Waals surface area contributed by atoms with Gasteiger partial charge in [0.05, 0.1) is 6.61 Å². The summed E-state index contributed by atoms with van der Waals surface area (Å²) in [5, 5.41) is 3.48. The maximum absolute atomic E-state index is 5.79. The van der Waals surface area contributed by atoms with Crippen molar-refractivity contribution >= 4 is 12.4 Å². The molecule has 2 atom stereocenters. The zero-order chi connectivity index (χ0) is 13.9. The number of benzene rings is 1. The fraction of sp³-hybridized carbons (Fsp3) is 0.647. The third kappa shape index (κ3) is 4.60. The summed E-state index contributed by atoms with van der Waals surface area (Å²) < 4.78 is 5.79. The van der Waals surface area contributed by atoms with Gasteiger partial charge in [0.15, 0.2) is 0 Å². The number of ether oxygens (including phenoxy) is 1. The van der Waals surface area contributed by atoms with Crippen LogP contribution in [0.25, 0.3) is 0 Å². The number of hydrogen-bond acceptors (Lipinski definition) is 3. The minimum atomic E-state index is 0. The van der Waals surface area contributed by atoms with E-state index in [0.717, 1.165) is 37.9 Å². The van der Waals surface area contributed by atoms with E-state index in [2.05, 4.69) is 48.3 Å². The van der Waals surface area contributed by atoms with Gasteiger partial charge in [0.2, 0.25) is 0 Å². The third-order valence-corrected chi connectivity index (χ3v) is 4.48. The lowest BCUT2D eigenvalue weighted by atomic mass is 10.1. The third-order valence-electron chi connectivity index (χ3n) is 4.48. The summed E-state index contributed by atoms with van der Waals surface area (Å²) in [7, 11) is 0. The van der Waals surface area contributed by atoms with Crippen molar-refractivity contribution in [1.29, 1.82) is 0 Å². The Bertz CT molecular complexity index is 423. The van der Waals surface area contributed by atoms with Crippen LogP contribution in [0.5, 0.6) is 5.75 Å². The highest BCUT2D eigenvalue weighted by Crippen LogP contribution is 2.29. The molecule has 0 amide bonds. The molecule has 1 aliphatic carbocycles. The van der Waals surface area contributed by atoms with Crippen LogP contribution in [0.1, 0.15) is 32.3 Å². The van der Waals surface area contributed by atoms with Crippen LogP contribution in [0.15, 0.2) is 24.3 Å². The first-order chi connectivity index (χ1) is 9.72. The minimum Gasteiger partial charge on any atom is -0.493 e. The first kappa shape index (κ1) is 16.6. The second-order valence-electron chi connectivity index (χ2n) is 6.43. The summed E-state index contributed by atoms with van der Waals surface area (Å²) in [4.78, 5) is 2.58. The highest BCUT2D eigenvalue weighted by Gasteiger charge is 2.24. The lowest BCUT2D eigenvalue weighted by molar-refractivity contribution is 0.109. The molecule has 0 radical (unpaired) electrons. The smallest absolute Gasteiger partial charge is 0.119 e. The number of piperazine rings is 1. The van der Waals surface area contributed by atoms with Crippen molar-refractivity contribution in [2.75, 3.05) is 19.7 Å². The zero-order valence-corrected chi connectivity index (χ0v) is 13.9. The molecular formula is C17H27ClN2O. The Kier molecular flexibility index (Phi) is 5.91. The summed E-state index contributed by atoms with van der Waals surface area (Å²) in [6.45, 7) is 8.71. The largest absolute Gasteiger partial charge is 0.493 e. The first-order valence-electron chi connectivity index (χ1n) is 7.90. The van der Waals surface area contributed by atoms with Crippen LogP contribution in [-0.4, -0.2) is 36.7 Å². The van der Waals surface area contributed by atoms with Crippen molar-refractivity contribution in [3.8, 4) is 5.75 Å². The van der Waals surface area contributed by atoms with Gasteiger partial charge in [-0.1, -0.05) is 12.1 Å². The quantitative estimate of drug-likeness (QED) is 0.904. The molecule has 3 rings (SSSR count). The predicted octanol–water partition coefficient (Wildman–Crippen LogP) is 3.08. The van der Waals surface area contributed by atoms with E-state index in [-0.39, 0.29) is 12.4 Å². The first-order valence-corrected chi connectivity index (χ1v) is 7.90. The molecule has 0 spiro atoms. The Morgan fingerprint density at radius 2 is 1.71 bits per heavy atom. The SMILES string of the molecule is C[C@@H]1CNC[C@H](C)N1Cc1ccc(OCC2CC2)cc1.Cl. The molecule has 3 nitrogen and oxygen atoms in total. The molecule has 0 aromatic heterocycles. The molecule has 1 aromatic carbocycles. The van der Waals surface area contributed by atoms with Crippen molar-refractivity contribution in [2.45, 2.75) is 45.3 Å². The molecule has 1 N–H and O–H groups in total. The maximum atomic E-state index is 5.79. The van der Waals surface area contributed by atoms with Gasteiger partial charge in [-0.2, -0.15) is 0 Å². The number of rotatable bonds is 5. The summed E-state index contributed by atoms with van der Waals surface area (Å²) in [5.74, 6) is 1.83. The number of hydrogen-bond donors (Lipinski definition) is 1. The molecule has 2 fully saturated rings. The van der Waals surface area contributed by atoms with Crippen LogP contribution < -0.4 is 10.1 Å². The van der Waals surface area contributed by atoms with Crippen molar-refractivity contribution in [2.24, 2.45) is 5.92 Å². The fourth-order valence-corrected chi connectivity index (χ4v) is 2.88. The van der Waals surface area contributed by atoms with E-state index >= 15 is 0 Å². The van der Waals surface area contributed by atoms with Gasteiger partial charge in [-0.25, -0.2) is 0 Å². The van der Waals surface area contributed by atoms with Gasteiger partial charge < -0.3 is 10.1 Å². The Labute approximate surface area is 134 Å². The van der Waals surface area contributed by atoms with E-state index < -0.39 is 0 Å². The van der Waals surface area contributed by atoms with Gasteiger partial charge in [0, 0.05) is 31.7 Å². The number of nitrogens with one attached hydrogen (secondary N) is 1. The van der Waals surface area contributed by atoms with Gasteiger partial charge >= 0.3 is 0 Å². The zero-order valence-electron chi connectivity index (χ0n) is 13.0. The Morgan fingerprint density at radius 1 is 1.10 bits per heavy atom. The van der Waals surface area contributed by atoms with Crippen molar-refractivity contribution in [1.82, 2.24) is 10.2 Å². The fourth-order valence-electron chi connectivity index (χ4n) is 2.88. The van der Waals surface area contributed by atoms with Crippen LogP contribution in [0.3, 0.4) is 0 Å². The summed E-state index contributed by atoms with van der Waals surface area (Å²) in [6.07, 6.45) is 2.69. The van der Waals surface area contributed by atoms with Crippen LogP contribution in [0.2, 0.25) is 0 Å². The van der Waals surface area contributed by atoms with Crippen molar-refractivity contribution in [3.05, 3.63) is 29.8 Å². The minimum absolute atomic E-state index is 0. The maximum Gasteiger partial charge on any atom is 0.119 e. The van der Waals surface area contributed by atoms with Gasteiger partial charge in [-0.15, -0.1) is 12.4 Å². The standard InChI is InChI=1S/C17H26N2O.ClH/c1-13-9-18-10-14(2)19(13)11-15-5-7-17(8-6-15)20-12-16-3-4-16;/h5-8,13-14,16,18H,3-4,9-12H2,1-2H3;1H/t13-,14+;. The number of halogens is 1. The van der Waals surface area contributed by atoms with Crippen molar-refractivity contribution < 1.29 is 4.74 Å². The average molecular weight is 311 g/mol. The molecule has 1 saturated heterocycles. The topological polar surface area (TPSA) is 24.5 Å². The molecule has 2 aliphatic rings. The molecule has 21 heavy (non-hydrogen) atoms. The summed E-state index contributed by atoms with van der Waals surface area (Å²) in [6, 6.07) is 9.87. The molecule has 1 heterocycles. The van der Waals surface area contributed by atoms with Crippen LogP contribution in [0, 0.1) is 5.92 Å². The van der Waals surface area contributed by atoms with E-state index in [4.69, 9.17) is 4.74 Å². The highest BCUT2D eigenvalue weighted by atomic mass is 35.5. The van der Waals surface area contributed by atoms with Gasteiger partial charge in [0.25, 0.3) is 0 Å². The predicted molar refractivity (Wildman–Crippen MR) is 89.2 cm³/mol. The average Bonchev–Trinajstić information content (AvgIpc) is 3.26. The molecule has 1 saturated carbocycles. The van der Waals surface area contributed by atoms with E-state index in [1.807, 2.05) is 0 Å². The Hall–Kier alpha value is -0.770. The van der Waals surface area contributed by atoms with E-state index in [1.165, 1.54) is 18.4 Å². The molecule has 0 bridgehead atoms. The molecule has 1 aliphatic heterocycles. The summed E-state index contributed by atoms with van der Waals surface area (Å²) >= 11 is 0. The second kappa shape index (κ2) is 7.48. The lowest BCUT2D eigenvalue weighted by Crippen LogP contribution is -2.54. The normalized spacial score (nSPS) is 26.2. The molecule has 1 aromatic rings. The molecular weight excluding hydrogens is 284 g/mol. The van der Waals surface area contributed by atoms with Gasteiger partial charge in [-0.3, -0.25) is 4.90 Å². The van der Waals surface area contributed by atoms with E-state index in [9.17, 15) is 0 Å². The Balaban J connectivity index is 0.00000161. The van der Waals surface area contributed by atoms with Crippen LogP contribution in [0.4, 0.5) is 0 Å². The van der Waals surface area contributed by atoms with Gasteiger partial charge in [0.1, 0.15) is 5.75 Å². The number of nitrogens with zero attached hydrogens (tertiary/aromatic N) is 1. The van der Waals surface area contributed by atoms with E-state index in [1.54, 1.807) is 0 Å². The second-order valence-corrected chi connectivity index (χ2v) is 6.43. The molecule has 118 valence electrons. The summed E-state index contributed by atoms with van der Waals surface area (Å²) in [5.41, 5.74) is 1.38.